The topological polar surface area (TPSA) is 97.9 Å². The third kappa shape index (κ3) is 4.83. The van der Waals surface area contributed by atoms with E-state index in [9.17, 15) is 4.79 Å². The molecule has 35 heavy (non-hydrogen) atoms. The van der Waals surface area contributed by atoms with Crippen molar-refractivity contribution in [1.82, 2.24) is 14.9 Å². The Hall–Kier alpha value is -3.91. The lowest BCUT2D eigenvalue weighted by Gasteiger charge is -2.23. The van der Waals surface area contributed by atoms with Crippen LogP contribution in [0.2, 0.25) is 0 Å². The van der Waals surface area contributed by atoms with Gasteiger partial charge in [0, 0.05) is 23.7 Å². The number of fused-ring (bicyclic) bond motifs is 1. The molecular formula is C27H27N3O5. The Morgan fingerprint density at radius 3 is 2.66 bits per heavy atom. The highest BCUT2D eigenvalue weighted by molar-refractivity contribution is 6.03. The third-order valence-corrected chi connectivity index (χ3v) is 6.39. The molecule has 5 rings (SSSR count). The molecule has 0 bridgehead atoms. The Morgan fingerprint density at radius 2 is 1.91 bits per heavy atom. The number of rotatable bonds is 9. The number of hydrogen-bond acceptors (Lipinski definition) is 7. The van der Waals surface area contributed by atoms with Crippen molar-refractivity contribution in [2.24, 2.45) is 0 Å². The van der Waals surface area contributed by atoms with Crippen molar-refractivity contribution in [2.45, 2.75) is 25.3 Å². The van der Waals surface area contributed by atoms with E-state index < -0.39 is 5.97 Å². The summed E-state index contributed by atoms with van der Waals surface area (Å²) in [7, 11) is 1.64. The van der Waals surface area contributed by atoms with E-state index >= 15 is 0 Å². The summed E-state index contributed by atoms with van der Waals surface area (Å²) < 4.78 is 17.9. The fourth-order valence-electron chi connectivity index (χ4n) is 4.63. The molecule has 180 valence electrons. The van der Waals surface area contributed by atoms with Gasteiger partial charge in [-0.25, -0.2) is 9.97 Å². The Kier molecular flexibility index (Phi) is 6.63. The van der Waals surface area contributed by atoms with E-state index in [1.165, 1.54) is 6.33 Å². The number of benzene rings is 2. The van der Waals surface area contributed by atoms with Crippen LogP contribution in [0.25, 0.3) is 33.6 Å². The molecule has 2 aromatic heterocycles. The predicted molar refractivity (Wildman–Crippen MR) is 132 cm³/mol. The van der Waals surface area contributed by atoms with Crippen LogP contribution in [0.5, 0.6) is 11.6 Å². The number of carboxylic acid groups (broad SMARTS) is 1. The second-order valence-corrected chi connectivity index (χ2v) is 8.55. The highest BCUT2D eigenvalue weighted by Gasteiger charge is 2.27. The first-order chi connectivity index (χ1) is 17.1. The van der Waals surface area contributed by atoms with Crippen LogP contribution in [-0.4, -0.2) is 58.8 Å². The molecule has 0 saturated carbocycles. The van der Waals surface area contributed by atoms with Crippen LogP contribution < -0.4 is 9.47 Å². The van der Waals surface area contributed by atoms with Crippen molar-refractivity contribution in [2.75, 3.05) is 26.8 Å². The molecule has 1 aliphatic rings. The quantitative estimate of drug-likeness (QED) is 0.367. The van der Waals surface area contributed by atoms with Crippen molar-refractivity contribution in [3.63, 3.8) is 0 Å². The standard InChI is InChI=1S/C27H27N3O5/c1-33-21-11-9-18(10-12-21)23-24-26(34-16-20-8-5-14-30(20)15-13-22(31)32)28-17-29-27(24)35-25(23)19-6-3-2-4-7-19/h2-4,6-7,9-12,17,20H,5,8,13-16H2,1H3,(H,31,32). The third-order valence-electron chi connectivity index (χ3n) is 6.39. The summed E-state index contributed by atoms with van der Waals surface area (Å²) in [6, 6.07) is 17.8. The largest absolute Gasteiger partial charge is 0.497 e. The summed E-state index contributed by atoms with van der Waals surface area (Å²) in [5.41, 5.74) is 3.18. The second kappa shape index (κ2) is 10.1. The van der Waals surface area contributed by atoms with Crippen molar-refractivity contribution in [3.05, 3.63) is 60.9 Å². The van der Waals surface area contributed by atoms with Gasteiger partial charge < -0.3 is 19.0 Å². The summed E-state index contributed by atoms with van der Waals surface area (Å²) in [5, 5.41) is 9.78. The maximum Gasteiger partial charge on any atom is 0.304 e. The van der Waals surface area contributed by atoms with Gasteiger partial charge in [0.25, 0.3) is 0 Å². The number of carbonyl (C=O) groups is 1. The zero-order chi connectivity index (χ0) is 24.2. The van der Waals surface area contributed by atoms with Crippen LogP contribution in [0, 0.1) is 0 Å². The highest BCUT2D eigenvalue weighted by atomic mass is 16.5. The second-order valence-electron chi connectivity index (χ2n) is 8.55. The smallest absolute Gasteiger partial charge is 0.304 e. The maximum absolute atomic E-state index is 11.0. The van der Waals surface area contributed by atoms with Crippen LogP contribution in [0.4, 0.5) is 0 Å². The first-order valence-corrected chi connectivity index (χ1v) is 11.7. The lowest BCUT2D eigenvalue weighted by molar-refractivity contribution is -0.137. The molecular weight excluding hydrogens is 446 g/mol. The van der Waals surface area contributed by atoms with E-state index in [2.05, 4.69) is 14.9 Å². The lowest BCUT2D eigenvalue weighted by Crippen LogP contribution is -2.35. The van der Waals surface area contributed by atoms with Crippen LogP contribution in [0.3, 0.4) is 0 Å². The number of hydrogen-bond donors (Lipinski definition) is 1. The summed E-state index contributed by atoms with van der Waals surface area (Å²) in [5.74, 6) is 1.13. The number of nitrogens with zero attached hydrogens (tertiary/aromatic N) is 3. The molecule has 1 saturated heterocycles. The van der Waals surface area contributed by atoms with Gasteiger partial charge in [-0.2, -0.15) is 0 Å². The fourth-order valence-corrected chi connectivity index (χ4v) is 4.63. The van der Waals surface area contributed by atoms with E-state index in [1.54, 1.807) is 7.11 Å². The molecule has 0 radical (unpaired) electrons. The van der Waals surface area contributed by atoms with Crippen molar-refractivity contribution >= 4 is 17.1 Å². The van der Waals surface area contributed by atoms with Crippen molar-refractivity contribution in [1.29, 1.82) is 0 Å². The lowest BCUT2D eigenvalue weighted by atomic mass is 9.99. The van der Waals surface area contributed by atoms with Crippen LogP contribution in [0.15, 0.2) is 65.3 Å². The zero-order valence-electron chi connectivity index (χ0n) is 19.5. The van der Waals surface area contributed by atoms with Gasteiger partial charge in [-0.05, 0) is 37.1 Å². The van der Waals surface area contributed by atoms with Crippen LogP contribution in [0.1, 0.15) is 19.3 Å². The molecule has 0 amide bonds. The van der Waals surface area contributed by atoms with Crippen molar-refractivity contribution < 1.29 is 23.8 Å². The van der Waals surface area contributed by atoms with Gasteiger partial charge in [0.15, 0.2) is 0 Å². The molecule has 0 aliphatic carbocycles. The number of carboxylic acids is 1. The summed E-state index contributed by atoms with van der Waals surface area (Å²) in [4.78, 5) is 22.1. The van der Waals surface area contributed by atoms with Gasteiger partial charge >= 0.3 is 5.97 Å². The minimum absolute atomic E-state index is 0.123. The number of furan rings is 1. The average Bonchev–Trinajstić information content (AvgIpc) is 3.51. The van der Waals surface area contributed by atoms with Gasteiger partial charge in [0.2, 0.25) is 11.6 Å². The normalized spacial score (nSPS) is 16.0. The molecule has 1 aliphatic heterocycles. The SMILES string of the molecule is COc1ccc(-c2c(-c3ccccc3)oc3ncnc(OCC4CCCN4CCC(=O)O)c23)cc1. The molecule has 2 aromatic carbocycles. The molecule has 8 nitrogen and oxygen atoms in total. The Labute approximate surface area is 203 Å². The minimum atomic E-state index is -0.787. The summed E-state index contributed by atoms with van der Waals surface area (Å²) in [6.45, 7) is 1.81. The number of aliphatic carboxylic acids is 1. The van der Waals surface area contributed by atoms with Crippen LogP contribution >= 0.6 is 0 Å². The molecule has 1 unspecified atom stereocenters. The monoisotopic (exact) mass is 473 g/mol. The van der Waals surface area contributed by atoms with Crippen molar-refractivity contribution in [3.8, 4) is 34.1 Å². The maximum atomic E-state index is 11.0. The van der Waals surface area contributed by atoms with Gasteiger partial charge in [-0.1, -0.05) is 42.5 Å². The van der Waals surface area contributed by atoms with Crippen LogP contribution in [-0.2, 0) is 4.79 Å². The average molecular weight is 474 g/mol. The summed E-state index contributed by atoms with van der Waals surface area (Å²) in [6.07, 6.45) is 3.55. The number of aromatic nitrogens is 2. The molecule has 4 aromatic rings. The number of likely N-dealkylation sites (tertiary alicyclic amines) is 1. The molecule has 8 heteroatoms. The number of methoxy groups -OCH3 is 1. The van der Waals surface area contributed by atoms with E-state index in [1.807, 2.05) is 54.6 Å². The van der Waals surface area contributed by atoms with Gasteiger partial charge in [-0.15, -0.1) is 0 Å². The summed E-state index contributed by atoms with van der Waals surface area (Å²) >= 11 is 0. The zero-order valence-corrected chi connectivity index (χ0v) is 19.5. The fraction of sp³-hybridized carbons (Fsp3) is 0.296. The van der Waals surface area contributed by atoms with Gasteiger partial charge in [0.05, 0.1) is 13.5 Å². The minimum Gasteiger partial charge on any atom is -0.497 e. The number of ether oxygens (including phenoxy) is 2. The van der Waals surface area contributed by atoms with E-state index in [0.717, 1.165) is 41.8 Å². The molecule has 1 atom stereocenters. The molecule has 1 N–H and O–H groups in total. The molecule has 1 fully saturated rings. The Bertz CT molecular complexity index is 1300. The first kappa shape index (κ1) is 22.9. The van der Waals surface area contributed by atoms with Gasteiger partial charge in [0.1, 0.15) is 29.8 Å². The van der Waals surface area contributed by atoms with Gasteiger partial charge in [-0.3, -0.25) is 9.69 Å². The molecule has 0 spiro atoms. The highest BCUT2D eigenvalue weighted by Crippen LogP contribution is 2.43. The van der Waals surface area contributed by atoms with E-state index in [-0.39, 0.29) is 12.5 Å². The molecule has 3 heterocycles. The van der Waals surface area contributed by atoms with E-state index in [0.29, 0.717) is 35.9 Å². The Morgan fingerprint density at radius 1 is 1.11 bits per heavy atom. The first-order valence-electron chi connectivity index (χ1n) is 11.7. The predicted octanol–water partition coefficient (Wildman–Crippen LogP) is 4.88. The Balaban J connectivity index is 1.53. The van der Waals surface area contributed by atoms with E-state index in [4.69, 9.17) is 19.0 Å².